The van der Waals surface area contributed by atoms with Crippen molar-refractivity contribution in [2.75, 3.05) is 0 Å². The lowest BCUT2D eigenvalue weighted by atomic mass is 10.0. The van der Waals surface area contributed by atoms with E-state index in [1.807, 2.05) is 12.1 Å². The van der Waals surface area contributed by atoms with Gasteiger partial charge in [0.15, 0.2) is 0 Å². The summed E-state index contributed by atoms with van der Waals surface area (Å²) in [7, 11) is 0. The molecule has 2 N–H and O–H groups in total. The fourth-order valence-electron chi connectivity index (χ4n) is 1.66. The maximum atomic E-state index is 13.2. The maximum absolute atomic E-state index is 13.2. The van der Waals surface area contributed by atoms with Gasteiger partial charge in [0.1, 0.15) is 5.82 Å². The van der Waals surface area contributed by atoms with Crippen molar-refractivity contribution in [2.24, 2.45) is 5.73 Å². The molecule has 1 aromatic rings. The molecule has 0 heterocycles. The predicted molar refractivity (Wildman–Crippen MR) is 62.3 cm³/mol. The number of rotatable bonds is 5. The lowest BCUT2D eigenvalue weighted by molar-refractivity contribution is 0.558. The Morgan fingerprint density at radius 3 is 2.67 bits per heavy atom. The normalized spacial score (nSPS) is 12.8. The standard InChI is InChI=1S/C13H20FN/c1-3-4-12(15)8-7-11-6-5-10(2)13(14)9-11/h5-6,9,12H,3-4,7-8,15H2,1-2H3. The van der Waals surface area contributed by atoms with Gasteiger partial charge in [-0.1, -0.05) is 25.5 Å². The van der Waals surface area contributed by atoms with Crippen molar-refractivity contribution < 1.29 is 4.39 Å². The van der Waals surface area contributed by atoms with Crippen molar-refractivity contribution in [2.45, 2.75) is 45.6 Å². The summed E-state index contributed by atoms with van der Waals surface area (Å²) in [6.45, 7) is 3.91. The van der Waals surface area contributed by atoms with E-state index in [2.05, 4.69) is 6.92 Å². The Balaban J connectivity index is 2.47. The molecule has 1 nitrogen and oxygen atoms in total. The first kappa shape index (κ1) is 12.2. The number of halogens is 1. The zero-order valence-electron chi connectivity index (χ0n) is 9.59. The SMILES string of the molecule is CCCC(N)CCc1ccc(C)c(F)c1. The average molecular weight is 209 g/mol. The minimum atomic E-state index is -0.114. The van der Waals surface area contributed by atoms with Crippen molar-refractivity contribution >= 4 is 0 Å². The van der Waals surface area contributed by atoms with Crippen LogP contribution < -0.4 is 5.73 Å². The Labute approximate surface area is 91.5 Å². The number of nitrogens with two attached hydrogens (primary N) is 1. The molecule has 2 heteroatoms. The molecule has 1 rings (SSSR count). The summed E-state index contributed by atoms with van der Waals surface area (Å²) >= 11 is 0. The van der Waals surface area contributed by atoms with E-state index >= 15 is 0 Å². The van der Waals surface area contributed by atoms with Crippen LogP contribution in [0.4, 0.5) is 4.39 Å². The van der Waals surface area contributed by atoms with Crippen LogP contribution in [-0.2, 0) is 6.42 Å². The van der Waals surface area contributed by atoms with E-state index in [4.69, 9.17) is 5.73 Å². The van der Waals surface area contributed by atoms with Gasteiger partial charge in [-0.15, -0.1) is 0 Å². The number of benzene rings is 1. The van der Waals surface area contributed by atoms with Crippen LogP contribution in [0, 0.1) is 12.7 Å². The highest BCUT2D eigenvalue weighted by molar-refractivity contribution is 5.23. The molecule has 0 aliphatic carbocycles. The van der Waals surface area contributed by atoms with Gasteiger partial charge in [-0.3, -0.25) is 0 Å². The first-order valence-corrected chi connectivity index (χ1v) is 5.64. The molecule has 0 bridgehead atoms. The van der Waals surface area contributed by atoms with Gasteiger partial charge in [-0.25, -0.2) is 4.39 Å². The first-order chi connectivity index (χ1) is 7.13. The van der Waals surface area contributed by atoms with Crippen LogP contribution in [0.1, 0.15) is 37.3 Å². The minimum absolute atomic E-state index is 0.114. The smallest absolute Gasteiger partial charge is 0.126 e. The summed E-state index contributed by atoms with van der Waals surface area (Å²) in [6, 6.07) is 5.68. The highest BCUT2D eigenvalue weighted by atomic mass is 19.1. The van der Waals surface area contributed by atoms with Crippen LogP contribution in [0.5, 0.6) is 0 Å². The van der Waals surface area contributed by atoms with Crippen LogP contribution in [0.2, 0.25) is 0 Å². The van der Waals surface area contributed by atoms with Gasteiger partial charge in [0.05, 0.1) is 0 Å². The Kier molecular flexibility index (Phi) is 4.76. The van der Waals surface area contributed by atoms with Crippen molar-refractivity contribution in [3.05, 3.63) is 35.1 Å². The van der Waals surface area contributed by atoms with Gasteiger partial charge >= 0.3 is 0 Å². The predicted octanol–water partition coefficient (Wildman–Crippen LogP) is 3.19. The fraction of sp³-hybridized carbons (Fsp3) is 0.538. The van der Waals surface area contributed by atoms with E-state index < -0.39 is 0 Å². The molecule has 0 aliphatic heterocycles. The molecule has 0 aliphatic rings. The maximum Gasteiger partial charge on any atom is 0.126 e. The fourth-order valence-corrected chi connectivity index (χ4v) is 1.66. The molecule has 0 fully saturated rings. The molecular formula is C13H20FN. The van der Waals surface area contributed by atoms with Crippen molar-refractivity contribution in [1.82, 2.24) is 0 Å². The van der Waals surface area contributed by atoms with Crippen molar-refractivity contribution in [3.8, 4) is 0 Å². The van der Waals surface area contributed by atoms with Gasteiger partial charge in [0.25, 0.3) is 0 Å². The van der Waals surface area contributed by atoms with Gasteiger partial charge < -0.3 is 5.73 Å². The topological polar surface area (TPSA) is 26.0 Å². The molecule has 0 saturated heterocycles. The summed E-state index contributed by atoms with van der Waals surface area (Å²) in [5.41, 5.74) is 7.66. The van der Waals surface area contributed by atoms with E-state index in [1.54, 1.807) is 13.0 Å². The summed E-state index contributed by atoms with van der Waals surface area (Å²) in [6.07, 6.45) is 3.98. The van der Waals surface area contributed by atoms with E-state index in [-0.39, 0.29) is 11.9 Å². The Hall–Kier alpha value is -0.890. The molecule has 84 valence electrons. The van der Waals surface area contributed by atoms with Crippen LogP contribution in [-0.4, -0.2) is 6.04 Å². The molecule has 0 amide bonds. The largest absolute Gasteiger partial charge is 0.328 e. The van der Waals surface area contributed by atoms with Crippen molar-refractivity contribution in [3.63, 3.8) is 0 Å². The lowest BCUT2D eigenvalue weighted by Gasteiger charge is -2.10. The van der Waals surface area contributed by atoms with Crippen LogP contribution in [0.3, 0.4) is 0 Å². The molecule has 0 saturated carbocycles. The summed E-state index contributed by atoms with van der Waals surface area (Å²) < 4.78 is 13.2. The molecule has 0 radical (unpaired) electrons. The van der Waals surface area contributed by atoms with Crippen molar-refractivity contribution in [1.29, 1.82) is 0 Å². The van der Waals surface area contributed by atoms with Crippen LogP contribution >= 0.6 is 0 Å². The molecular weight excluding hydrogens is 189 g/mol. The van der Waals surface area contributed by atoms with Gasteiger partial charge in [-0.05, 0) is 43.4 Å². The number of aryl methyl sites for hydroxylation is 2. The van der Waals surface area contributed by atoms with Gasteiger partial charge in [0, 0.05) is 6.04 Å². The third-order valence-corrected chi connectivity index (χ3v) is 2.70. The quantitative estimate of drug-likeness (QED) is 0.791. The minimum Gasteiger partial charge on any atom is -0.328 e. The zero-order chi connectivity index (χ0) is 11.3. The van der Waals surface area contributed by atoms with E-state index in [9.17, 15) is 4.39 Å². The summed E-state index contributed by atoms with van der Waals surface area (Å²) in [5, 5.41) is 0. The van der Waals surface area contributed by atoms with Crippen LogP contribution in [0.25, 0.3) is 0 Å². The third-order valence-electron chi connectivity index (χ3n) is 2.70. The lowest BCUT2D eigenvalue weighted by Crippen LogP contribution is -2.20. The van der Waals surface area contributed by atoms with Gasteiger partial charge in [-0.2, -0.15) is 0 Å². The zero-order valence-corrected chi connectivity index (χ0v) is 9.59. The molecule has 1 unspecified atom stereocenters. The molecule has 1 aromatic carbocycles. The molecule has 1 atom stereocenters. The monoisotopic (exact) mass is 209 g/mol. The third kappa shape index (κ3) is 4.00. The highest BCUT2D eigenvalue weighted by Crippen LogP contribution is 2.12. The number of hydrogen-bond acceptors (Lipinski definition) is 1. The number of hydrogen-bond donors (Lipinski definition) is 1. The second-order valence-electron chi connectivity index (χ2n) is 4.17. The summed E-state index contributed by atoms with van der Waals surface area (Å²) in [4.78, 5) is 0. The van der Waals surface area contributed by atoms with Gasteiger partial charge in [0.2, 0.25) is 0 Å². The molecule has 15 heavy (non-hydrogen) atoms. The van der Waals surface area contributed by atoms with E-state index in [1.165, 1.54) is 0 Å². The Morgan fingerprint density at radius 1 is 1.33 bits per heavy atom. The van der Waals surface area contributed by atoms with Crippen LogP contribution in [0.15, 0.2) is 18.2 Å². The first-order valence-electron chi connectivity index (χ1n) is 5.64. The Morgan fingerprint density at radius 2 is 2.07 bits per heavy atom. The summed E-state index contributed by atoms with van der Waals surface area (Å²) in [5.74, 6) is -0.114. The Bertz CT molecular complexity index is 309. The van der Waals surface area contributed by atoms with E-state index in [0.717, 1.165) is 31.2 Å². The second kappa shape index (κ2) is 5.86. The molecule has 0 spiro atoms. The highest BCUT2D eigenvalue weighted by Gasteiger charge is 2.03. The molecule has 0 aromatic heterocycles. The average Bonchev–Trinajstić information content (AvgIpc) is 2.20. The second-order valence-corrected chi connectivity index (χ2v) is 4.17. The van der Waals surface area contributed by atoms with E-state index in [0.29, 0.717) is 5.56 Å².